The molecule has 0 fully saturated rings. The van der Waals surface area contributed by atoms with Crippen LogP contribution in [0.1, 0.15) is 26.5 Å². The summed E-state index contributed by atoms with van der Waals surface area (Å²) in [6.07, 6.45) is 0.671. The van der Waals surface area contributed by atoms with Crippen molar-refractivity contribution in [1.82, 2.24) is 4.90 Å². The van der Waals surface area contributed by atoms with Crippen LogP contribution in [0, 0.1) is 0 Å². The second-order valence-corrected chi connectivity index (χ2v) is 4.31. The monoisotopic (exact) mass is 241 g/mol. The van der Waals surface area contributed by atoms with Crippen LogP contribution in [0.2, 0.25) is 0 Å². The Labute approximate surface area is 104 Å². The van der Waals surface area contributed by atoms with Gasteiger partial charge in [-0.15, -0.1) is 0 Å². The van der Waals surface area contributed by atoms with Crippen LogP contribution in [0.25, 0.3) is 11.3 Å². The van der Waals surface area contributed by atoms with Crippen molar-refractivity contribution in [3.05, 3.63) is 47.2 Å². The Bertz CT molecular complexity index is 642. The van der Waals surface area contributed by atoms with Crippen molar-refractivity contribution in [2.45, 2.75) is 6.54 Å². The summed E-state index contributed by atoms with van der Waals surface area (Å²) in [5, 5.41) is 0. The molecule has 0 atom stereocenters. The lowest BCUT2D eigenvalue weighted by atomic mass is 10.0. The fourth-order valence-electron chi connectivity index (χ4n) is 2.26. The van der Waals surface area contributed by atoms with Gasteiger partial charge in [0.1, 0.15) is 5.76 Å². The van der Waals surface area contributed by atoms with E-state index in [4.69, 9.17) is 4.42 Å². The molecule has 1 amide bonds. The molecule has 4 nitrogen and oxygen atoms in total. The molecule has 1 aromatic heterocycles. The molecule has 2 aromatic rings. The smallest absolute Gasteiger partial charge is 0.254 e. The summed E-state index contributed by atoms with van der Waals surface area (Å²) < 4.78 is 5.42. The predicted molar refractivity (Wildman–Crippen MR) is 65.3 cm³/mol. The molecule has 0 spiro atoms. The zero-order chi connectivity index (χ0) is 12.7. The lowest BCUT2D eigenvalue weighted by molar-refractivity contribution is 0.0816. The molecule has 0 saturated heterocycles. The van der Waals surface area contributed by atoms with Crippen LogP contribution in [0.15, 0.2) is 34.7 Å². The average molecular weight is 241 g/mol. The third kappa shape index (κ3) is 1.46. The molecule has 1 aromatic carbocycles. The molecule has 0 unspecified atom stereocenters. The Morgan fingerprint density at radius 1 is 1.22 bits per heavy atom. The van der Waals surface area contributed by atoms with Gasteiger partial charge in [-0.2, -0.15) is 0 Å². The summed E-state index contributed by atoms with van der Waals surface area (Å²) >= 11 is 0. The van der Waals surface area contributed by atoms with E-state index in [9.17, 15) is 9.59 Å². The largest absolute Gasteiger partial charge is 0.453 e. The molecule has 4 heteroatoms. The molecular formula is C14H11NO3. The van der Waals surface area contributed by atoms with Crippen molar-refractivity contribution >= 4 is 12.2 Å². The Hall–Kier alpha value is -2.36. The number of amides is 1. The van der Waals surface area contributed by atoms with Crippen LogP contribution in [0.4, 0.5) is 0 Å². The highest BCUT2D eigenvalue weighted by Gasteiger charge is 2.27. The number of furan rings is 1. The molecule has 1 aliphatic rings. The number of hydrogen-bond donors (Lipinski definition) is 0. The fourth-order valence-corrected chi connectivity index (χ4v) is 2.26. The number of carbonyl (C=O) groups is 2. The van der Waals surface area contributed by atoms with E-state index in [1.165, 1.54) is 0 Å². The maximum Gasteiger partial charge on any atom is 0.254 e. The van der Waals surface area contributed by atoms with Gasteiger partial charge in [0.2, 0.25) is 0 Å². The van der Waals surface area contributed by atoms with Crippen LogP contribution >= 0.6 is 0 Å². The molecule has 0 saturated carbocycles. The number of benzene rings is 1. The number of aldehydes is 1. The second-order valence-electron chi connectivity index (χ2n) is 4.31. The quantitative estimate of drug-likeness (QED) is 0.758. The number of hydrogen-bond acceptors (Lipinski definition) is 3. The van der Waals surface area contributed by atoms with E-state index in [0.29, 0.717) is 29.9 Å². The fraction of sp³-hybridized carbons (Fsp3) is 0.143. The SMILES string of the molecule is CN1Cc2c(cccc2-c2ccc(C=O)o2)C1=O. The first-order valence-corrected chi connectivity index (χ1v) is 5.63. The Balaban J connectivity index is 2.15. The number of carbonyl (C=O) groups excluding carboxylic acids is 2. The highest BCUT2D eigenvalue weighted by Crippen LogP contribution is 2.32. The summed E-state index contributed by atoms with van der Waals surface area (Å²) in [7, 11) is 1.77. The number of nitrogens with zero attached hydrogens (tertiary/aromatic N) is 1. The summed E-state index contributed by atoms with van der Waals surface area (Å²) in [5.74, 6) is 0.936. The zero-order valence-electron chi connectivity index (χ0n) is 9.84. The molecule has 2 heterocycles. The standard InChI is InChI=1S/C14H11NO3/c1-15-7-12-10(3-2-4-11(12)14(15)17)13-6-5-9(8-16)18-13/h2-6,8H,7H2,1H3. The molecular weight excluding hydrogens is 230 g/mol. The minimum Gasteiger partial charge on any atom is -0.453 e. The lowest BCUT2D eigenvalue weighted by Gasteiger charge is -2.06. The molecule has 0 aliphatic carbocycles. The minimum atomic E-state index is 0.0222. The van der Waals surface area contributed by atoms with Crippen molar-refractivity contribution in [1.29, 1.82) is 0 Å². The highest BCUT2D eigenvalue weighted by atomic mass is 16.3. The van der Waals surface area contributed by atoms with Gasteiger partial charge in [-0.05, 0) is 23.8 Å². The van der Waals surface area contributed by atoms with E-state index >= 15 is 0 Å². The summed E-state index contributed by atoms with van der Waals surface area (Å²) in [5.41, 5.74) is 2.54. The van der Waals surface area contributed by atoms with E-state index in [1.54, 1.807) is 24.1 Å². The molecule has 0 bridgehead atoms. The highest BCUT2D eigenvalue weighted by molar-refractivity contribution is 6.00. The molecule has 3 rings (SSSR count). The van der Waals surface area contributed by atoms with Gasteiger partial charge >= 0.3 is 0 Å². The van der Waals surface area contributed by atoms with Gasteiger partial charge < -0.3 is 9.32 Å². The number of rotatable bonds is 2. The van der Waals surface area contributed by atoms with E-state index in [0.717, 1.165) is 11.1 Å². The maximum absolute atomic E-state index is 11.9. The van der Waals surface area contributed by atoms with E-state index in [2.05, 4.69) is 0 Å². The average Bonchev–Trinajstić information content (AvgIpc) is 2.96. The Morgan fingerprint density at radius 2 is 2.00 bits per heavy atom. The van der Waals surface area contributed by atoms with Gasteiger partial charge in [0.25, 0.3) is 5.91 Å². The maximum atomic E-state index is 11.9. The van der Waals surface area contributed by atoms with Crippen molar-refractivity contribution in [2.75, 3.05) is 7.05 Å². The molecule has 0 radical (unpaired) electrons. The second kappa shape index (κ2) is 3.84. The van der Waals surface area contributed by atoms with E-state index < -0.39 is 0 Å². The van der Waals surface area contributed by atoms with Gasteiger partial charge in [-0.3, -0.25) is 9.59 Å². The van der Waals surface area contributed by atoms with Gasteiger partial charge in [0, 0.05) is 24.7 Å². The topological polar surface area (TPSA) is 50.5 Å². The van der Waals surface area contributed by atoms with Crippen LogP contribution in [0.3, 0.4) is 0 Å². The first-order valence-electron chi connectivity index (χ1n) is 5.63. The normalized spacial score (nSPS) is 13.8. The third-order valence-electron chi connectivity index (χ3n) is 3.16. The van der Waals surface area contributed by atoms with Crippen molar-refractivity contribution in [3.8, 4) is 11.3 Å². The van der Waals surface area contributed by atoms with Gasteiger partial charge in [-0.25, -0.2) is 0 Å². The Kier molecular flexibility index (Phi) is 2.30. The summed E-state index contributed by atoms with van der Waals surface area (Å²) in [4.78, 5) is 24.2. The Morgan fingerprint density at radius 3 is 2.72 bits per heavy atom. The predicted octanol–water partition coefficient (Wildman–Crippen LogP) is 2.34. The summed E-state index contributed by atoms with van der Waals surface area (Å²) in [6.45, 7) is 0.571. The third-order valence-corrected chi connectivity index (χ3v) is 3.16. The van der Waals surface area contributed by atoms with Gasteiger partial charge in [0.05, 0.1) is 0 Å². The van der Waals surface area contributed by atoms with Crippen LogP contribution in [-0.4, -0.2) is 24.1 Å². The van der Waals surface area contributed by atoms with Gasteiger partial charge in [0.15, 0.2) is 12.0 Å². The lowest BCUT2D eigenvalue weighted by Crippen LogP contribution is -2.17. The first-order chi connectivity index (χ1) is 8.70. The van der Waals surface area contributed by atoms with E-state index in [1.807, 2.05) is 18.2 Å². The van der Waals surface area contributed by atoms with Gasteiger partial charge in [-0.1, -0.05) is 12.1 Å². The molecule has 0 N–H and O–H groups in total. The number of fused-ring (bicyclic) bond motifs is 1. The summed E-state index contributed by atoms with van der Waals surface area (Å²) in [6, 6.07) is 8.92. The molecule has 1 aliphatic heterocycles. The van der Waals surface area contributed by atoms with Crippen LogP contribution < -0.4 is 0 Å². The van der Waals surface area contributed by atoms with Crippen molar-refractivity contribution in [3.63, 3.8) is 0 Å². The van der Waals surface area contributed by atoms with Crippen LogP contribution in [-0.2, 0) is 6.54 Å². The van der Waals surface area contributed by atoms with E-state index in [-0.39, 0.29) is 5.91 Å². The van der Waals surface area contributed by atoms with Crippen molar-refractivity contribution < 1.29 is 14.0 Å². The van der Waals surface area contributed by atoms with Crippen molar-refractivity contribution in [2.24, 2.45) is 0 Å². The first kappa shape index (κ1) is 10.8. The molecule has 18 heavy (non-hydrogen) atoms. The minimum absolute atomic E-state index is 0.0222. The molecule has 90 valence electrons. The van der Waals surface area contributed by atoms with Crippen LogP contribution in [0.5, 0.6) is 0 Å². The zero-order valence-corrected chi connectivity index (χ0v) is 9.84.